The van der Waals surface area contributed by atoms with Crippen LogP contribution in [0.15, 0.2) is 54.6 Å². The van der Waals surface area contributed by atoms with Crippen molar-refractivity contribution in [2.24, 2.45) is 0 Å². The van der Waals surface area contributed by atoms with Gasteiger partial charge in [-0.25, -0.2) is 10.0 Å². The van der Waals surface area contributed by atoms with Gasteiger partial charge in [0.15, 0.2) is 5.69 Å². The number of aromatic hydroxyl groups is 1. The minimum absolute atomic E-state index is 0.114. The number of carbonyl (C=O) groups is 1. The van der Waals surface area contributed by atoms with E-state index in [1.165, 1.54) is 0 Å². The standard InChI is InChI=1S/C26H29N3O6/c1-17-24(26(31)35-15-14-34-2)22-16-23(30)20-6-3-4-7-21(20)25(22)28(17)13-5-12-27-18-8-10-19(11-9-18)29(32)33/h3-4,6-11,16,27,29-30,32H,5,12-15H2,1-2H3. The van der Waals surface area contributed by atoms with Crippen LogP contribution >= 0.6 is 0 Å². The molecule has 3 aromatic carbocycles. The van der Waals surface area contributed by atoms with Crippen molar-refractivity contribution < 1.29 is 29.8 Å². The second kappa shape index (κ2) is 10.7. The maximum Gasteiger partial charge on any atom is 0.340 e. The van der Waals surface area contributed by atoms with Crippen LogP contribution in [0.25, 0.3) is 21.7 Å². The summed E-state index contributed by atoms with van der Waals surface area (Å²) in [5.74, 6) is -0.336. The molecule has 1 atom stereocenters. The van der Waals surface area contributed by atoms with E-state index in [9.17, 15) is 15.1 Å². The number of hydrogen-bond acceptors (Lipinski definition) is 7. The number of nitrogens with zero attached hydrogens (tertiary/aromatic N) is 1. The first-order valence-electron chi connectivity index (χ1n) is 11.4. The van der Waals surface area contributed by atoms with Crippen molar-refractivity contribution in [3.8, 4) is 5.75 Å². The van der Waals surface area contributed by atoms with Gasteiger partial charge in [-0.3, -0.25) is 0 Å². The molecule has 9 nitrogen and oxygen atoms in total. The first kappa shape index (κ1) is 24.5. The van der Waals surface area contributed by atoms with E-state index in [4.69, 9.17) is 14.7 Å². The van der Waals surface area contributed by atoms with Gasteiger partial charge in [-0.15, -0.1) is 0 Å². The van der Waals surface area contributed by atoms with Crippen molar-refractivity contribution in [3.05, 3.63) is 71.1 Å². The predicted molar refractivity (Wildman–Crippen MR) is 133 cm³/mol. The Morgan fingerprint density at radius 3 is 2.49 bits per heavy atom. The van der Waals surface area contributed by atoms with Crippen molar-refractivity contribution in [3.63, 3.8) is 0 Å². The van der Waals surface area contributed by atoms with Gasteiger partial charge in [-0.2, -0.15) is 5.23 Å². The van der Waals surface area contributed by atoms with E-state index in [0.717, 1.165) is 34.1 Å². The number of aryl methyl sites for hydroxylation is 1. The van der Waals surface area contributed by atoms with E-state index in [-0.39, 0.29) is 18.0 Å². The lowest BCUT2D eigenvalue weighted by Gasteiger charge is -2.13. The second-order valence-electron chi connectivity index (χ2n) is 8.24. The highest BCUT2D eigenvalue weighted by Gasteiger charge is 2.23. The number of nitrogens with one attached hydrogen (secondary N) is 2. The number of phenols is 1. The molecule has 4 rings (SSSR count). The number of hydrogen-bond donors (Lipinski definition) is 4. The van der Waals surface area contributed by atoms with Gasteiger partial charge >= 0.3 is 5.97 Å². The Kier molecular flexibility index (Phi) is 7.52. The van der Waals surface area contributed by atoms with Crippen LogP contribution < -0.4 is 10.5 Å². The summed E-state index contributed by atoms with van der Waals surface area (Å²) in [6, 6.07) is 15.8. The number of aromatic nitrogens is 1. The van der Waals surface area contributed by atoms with Crippen LogP contribution in [0.1, 0.15) is 22.5 Å². The van der Waals surface area contributed by atoms with Crippen LogP contribution in [0, 0.1) is 12.1 Å². The van der Waals surface area contributed by atoms with E-state index < -0.39 is 11.2 Å². The zero-order valence-electron chi connectivity index (χ0n) is 19.7. The van der Waals surface area contributed by atoms with Crippen LogP contribution in [0.5, 0.6) is 5.75 Å². The molecule has 0 fully saturated rings. The van der Waals surface area contributed by atoms with Gasteiger partial charge in [-0.05, 0) is 31.5 Å². The van der Waals surface area contributed by atoms with Gasteiger partial charge in [-0.1, -0.05) is 24.3 Å². The predicted octanol–water partition coefficient (Wildman–Crippen LogP) is 3.52. The highest BCUT2D eigenvalue weighted by atomic mass is 16.8. The van der Waals surface area contributed by atoms with Gasteiger partial charge in [0, 0.05) is 59.9 Å². The van der Waals surface area contributed by atoms with E-state index in [1.807, 2.05) is 31.2 Å². The molecule has 0 saturated carbocycles. The number of esters is 1. The molecular weight excluding hydrogens is 450 g/mol. The number of anilines is 1. The van der Waals surface area contributed by atoms with Crippen LogP contribution in [0.2, 0.25) is 0 Å². The summed E-state index contributed by atoms with van der Waals surface area (Å²) in [4.78, 5) is 13.0. The van der Waals surface area contributed by atoms with E-state index in [0.29, 0.717) is 30.6 Å². The molecule has 9 heteroatoms. The number of carbonyl (C=O) groups excluding carboxylic acids is 1. The number of quaternary nitrogens is 1. The van der Waals surface area contributed by atoms with E-state index >= 15 is 0 Å². The Labute approximate surface area is 202 Å². The third-order valence-electron chi connectivity index (χ3n) is 6.04. The van der Waals surface area contributed by atoms with Crippen LogP contribution in [0.4, 0.5) is 11.4 Å². The number of ether oxygens (including phenoxy) is 2. The zero-order chi connectivity index (χ0) is 24.9. The number of rotatable bonds is 10. The highest BCUT2D eigenvalue weighted by molar-refractivity contribution is 6.16. The SMILES string of the molecule is COCCOC(=O)c1c(C)n(CCCNc2ccc([NH+]([O-])O)cc2)c2c1cc(O)c1ccccc12. The van der Waals surface area contributed by atoms with Gasteiger partial charge < -0.3 is 29.7 Å². The molecule has 0 saturated heterocycles. The number of methoxy groups -OCH3 is 1. The molecule has 0 aliphatic carbocycles. The summed E-state index contributed by atoms with van der Waals surface area (Å²) in [6.07, 6.45) is 0.749. The smallest absolute Gasteiger partial charge is 0.340 e. The summed E-state index contributed by atoms with van der Waals surface area (Å²) < 4.78 is 12.5. The molecule has 1 aromatic heterocycles. The van der Waals surface area contributed by atoms with Crippen molar-refractivity contribution in [1.29, 1.82) is 0 Å². The fourth-order valence-corrected chi connectivity index (χ4v) is 4.35. The third-order valence-corrected chi connectivity index (χ3v) is 6.04. The Hall–Kier alpha value is -3.63. The lowest BCUT2D eigenvalue weighted by molar-refractivity contribution is -0.991. The van der Waals surface area contributed by atoms with Crippen LogP contribution in [0.3, 0.4) is 0 Å². The summed E-state index contributed by atoms with van der Waals surface area (Å²) >= 11 is 0. The van der Waals surface area contributed by atoms with Crippen LogP contribution in [-0.2, 0) is 16.0 Å². The molecule has 0 aliphatic rings. The fraction of sp³-hybridized carbons (Fsp3) is 0.269. The number of phenolic OH excluding ortho intramolecular Hbond substituents is 1. The molecule has 184 valence electrons. The van der Waals surface area contributed by atoms with Gasteiger partial charge in [0.25, 0.3) is 0 Å². The highest BCUT2D eigenvalue weighted by Crippen LogP contribution is 2.37. The maximum atomic E-state index is 13.0. The van der Waals surface area contributed by atoms with Gasteiger partial charge in [0.1, 0.15) is 12.4 Å². The Morgan fingerprint density at radius 1 is 1.09 bits per heavy atom. The minimum atomic E-state index is -0.957. The molecule has 35 heavy (non-hydrogen) atoms. The first-order chi connectivity index (χ1) is 16.9. The van der Waals surface area contributed by atoms with Crippen molar-refractivity contribution in [2.75, 3.05) is 32.2 Å². The lowest BCUT2D eigenvalue weighted by atomic mass is 10.0. The summed E-state index contributed by atoms with van der Waals surface area (Å²) in [5, 5.41) is 35.3. The molecule has 0 aliphatic heterocycles. The monoisotopic (exact) mass is 479 g/mol. The average molecular weight is 480 g/mol. The number of benzene rings is 3. The quantitative estimate of drug-likeness (QED) is 0.156. The molecule has 0 spiro atoms. The molecule has 0 radical (unpaired) electrons. The molecule has 1 unspecified atom stereocenters. The van der Waals surface area contributed by atoms with Crippen molar-refractivity contribution in [1.82, 2.24) is 4.57 Å². The van der Waals surface area contributed by atoms with Crippen molar-refractivity contribution >= 4 is 39.0 Å². The normalized spacial score (nSPS) is 12.2. The Morgan fingerprint density at radius 2 is 1.80 bits per heavy atom. The molecule has 0 bridgehead atoms. The number of fused-ring (bicyclic) bond motifs is 3. The molecule has 4 aromatic rings. The van der Waals surface area contributed by atoms with E-state index in [1.54, 1.807) is 37.4 Å². The Balaban J connectivity index is 1.62. The van der Waals surface area contributed by atoms with Gasteiger partial charge in [0.05, 0.1) is 17.7 Å². The zero-order valence-corrected chi connectivity index (χ0v) is 19.7. The fourth-order valence-electron chi connectivity index (χ4n) is 4.35. The second-order valence-corrected chi connectivity index (χ2v) is 8.24. The first-order valence-corrected chi connectivity index (χ1v) is 11.4. The summed E-state index contributed by atoms with van der Waals surface area (Å²) in [5.41, 5.74) is 3.16. The minimum Gasteiger partial charge on any atom is -0.595 e. The average Bonchev–Trinajstić information content (AvgIpc) is 3.13. The third kappa shape index (κ3) is 5.08. The largest absolute Gasteiger partial charge is 0.595 e. The molecule has 1 heterocycles. The molecule has 0 amide bonds. The van der Waals surface area contributed by atoms with Gasteiger partial charge in [0.2, 0.25) is 0 Å². The lowest BCUT2D eigenvalue weighted by Crippen LogP contribution is -2.99. The molecule has 4 N–H and O–H groups in total. The topological polar surface area (TPSA) is 120 Å². The Bertz CT molecular complexity index is 1330. The molecular formula is C26H29N3O6. The maximum absolute atomic E-state index is 13.0. The summed E-state index contributed by atoms with van der Waals surface area (Å²) in [7, 11) is 1.55. The van der Waals surface area contributed by atoms with E-state index in [2.05, 4.69) is 9.88 Å². The van der Waals surface area contributed by atoms with Crippen molar-refractivity contribution in [2.45, 2.75) is 19.9 Å². The van der Waals surface area contributed by atoms with Crippen LogP contribution in [-0.4, -0.2) is 47.7 Å². The summed E-state index contributed by atoms with van der Waals surface area (Å²) in [6.45, 7) is 3.61.